The van der Waals surface area contributed by atoms with Gasteiger partial charge in [-0.1, -0.05) is 12.1 Å². The summed E-state index contributed by atoms with van der Waals surface area (Å²) in [5, 5.41) is 1.31. The van der Waals surface area contributed by atoms with Crippen LogP contribution in [0.15, 0.2) is 36.4 Å². The lowest BCUT2D eigenvalue weighted by Crippen LogP contribution is -3.00. The van der Waals surface area contributed by atoms with Crippen molar-refractivity contribution < 1.29 is 21.5 Å². The van der Waals surface area contributed by atoms with E-state index in [1.807, 2.05) is 0 Å². The molecule has 0 radical (unpaired) electrons. The van der Waals surface area contributed by atoms with Gasteiger partial charge in [-0.3, -0.25) is 0 Å². The van der Waals surface area contributed by atoms with Crippen molar-refractivity contribution in [1.82, 2.24) is 0 Å². The third-order valence-corrected chi connectivity index (χ3v) is 2.60. The summed E-state index contributed by atoms with van der Waals surface area (Å²) < 4.78 is 2.37. The van der Waals surface area contributed by atoms with Crippen molar-refractivity contribution in [2.75, 3.05) is 0 Å². The smallest absolute Gasteiger partial charge is 0.212 e. The van der Waals surface area contributed by atoms with Crippen LogP contribution in [0, 0.1) is 6.92 Å². The third-order valence-electron chi connectivity index (χ3n) is 2.60. The van der Waals surface area contributed by atoms with Gasteiger partial charge in [-0.15, -0.1) is 0 Å². The number of pyridine rings is 1. The van der Waals surface area contributed by atoms with Gasteiger partial charge in [-0.25, -0.2) is 0 Å². The Morgan fingerprint density at radius 2 is 1.67 bits per heavy atom. The van der Waals surface area contributed by atoms with E-state index in [0.717, 1.165) is 0 Å². The van der Waals surface area contributed by atoms with Gasteiger partial charge >= 0.3 is 0 Å². The maximum Gasteiger partial charge on any atom is 0.212 e. The number of aromatic nitrogens is 1. The minimum absolute atomic E-state index is 0. The number of rotatable bonds is 1. The fraction of sp³-hybridized carbons (Fsp3) is 0.308. The van der Waals surface area contributed by atoms with E-state index in [9.17, 15) is 0 Å². The number of aryl methyl sites for hydroxylation is 1. The summed E-state index contributed by atoms with van der Waals surface area (Å²) in [6.07, 6.45) is 0. The van der Waals surface area contributed by atoms with Crippen LogP contribution in [0.1, 0.15) is 25.6 Å². The number of hydrogen-bond donors (Lipinski definition) is 0. The first-order valence-electron chi connectivity index (χ1n) is 5.10. The number of para-hydroxylation sites is 1. The second-order valence-corrected chi connectivity index (χ2v) is 4.00. The van der Waals surface area contributed by atoms with Gasteiger partial charge in [-0.2, -0.15) is 4.57 Å². The van der Waals surface area contributed by atoms with Crippen LogP contribution >= 0.6 is 0 Å². The average molecular weight is 266 g/mol. The molecule has 2 aromatic rings. The summed E-state index contributed by atoms with van der Waals surface area (Å²) >= 11 is 0. The highest BCUT2D eigenvalue weighted by Gasteiger charge is 2.14. The second-order valence-electron chi connectivity index (χ2n) is 4.00. The Balaban J connectivity index is 0.00000112. The molecule has 0 aliphatic heterocycles. The van der Waals surface area contributed by atoms with Crippen LogP contribution in [0.2, 0.25) is 0 Å². The molecule has 1 aromatic heterocycles. The third kappa shape index (κ3) is 2.20. The van der Waals surface area contributed by atoms with Crippen LogP contribution < -0.4 is 21.5 Å². The van der Waals surface area contributed by atoms with E-state index in [2.05, 4.69) is 61.7 Å². The van der Waals surface area contributed by atoms with Gasteiger partial charge in [0.15, 0.2) is 11.7 Å². The topological polar surface area (TPSA) is 3.88 Å². The predicted octanol–water partition coefficient (Wildman–Crippen LogP) is 0.0206. The van der Waals surface area contributed by atoms with Gasteiger partial charge in [0.2, 0.25) is 5.52 Å². The first kappa shape index (κ1) is 12.2. The zero-order chi connectivity index (χ0) is 10.1. The van der Waals surface area contributed by atoms with Gasteiger partial charge in [0.1, 0.15) is 0 Å². The van der Waals surface area contributed by atoms with Crippen LogP contribution in [0.3, 0.4) is 0 Å². The Morgan fingerprint density at radius 3 is 2.33 bits per heavy atom. The molecule has 15 heavy (non-hydrogen) atoms. The van der Waals surface area contributed by atoms with E-state index in [4.69, 9.17) is 0 Å². The molecule has 1 nitrogen and oxygen atoms in total. The largest absolute Gasteiger partial charge is 1.00 e. The highest BCUT2D eigenvalue weighted by atomic mass is 79.9. The van der Waals surface area contributed by atoms with Crippen molar-refractivity contribution in [3.05, 3.63) is 42.1 Å². The van der Waals surface area contributed by atoms with E-state index in [-0.39, 0.29) is 17.0 Å². The SMILES string of the molecule is Cc1ccc2ccccc2[n+]1C(C)C.[Br-]. The van der Waals surface area contributed by atoms with Crippen molar-refractivity contribution >= 4 is 10.9 Å². The summed E-state index contributed by atoms with van der Waals surface area (Å²) in [7, 11) is 0. The van der Waals surface area contributed by atoms with Crippen LogP contribution in [0.25, 0.3) is 10.9 Å². The first-order valence-corrected chi connectivity index (χ1v) is 5.10. The quantitative estimate of drug-likeness (QED) is 0.641. The van der Waals surface area contributed by atoms with Crippen molar-refractivity contribution in [2.24, 2.45) is 0 Å². The monoisotopic (exact) mass is 265 g/mol. The van der Waals surface area contributed by atoms with E-state index in [0.29, 0.717) is 6.04 Å². The first-order chi connectivity index (χ1) is 6.70. The maximum absolute atomic E-state index is 2.37. The molecule has 0 aliphatic rings. The number of benzene rings is 1. The average Bonchev–Trinajstić information content (AvgIpc) is 2.17. The van der Waals surface area contributed by atoms with E-state index in [1.54, 1.807) is 0 Å². The Hall–Kier alpha value is -0.890. The van der Waals surface area contributed by atoms with Gasteiger partial charge in [0.25, 0.3) is 0 Å². The Kier molecular flexibility index (Phi) is 3.86. The molecule has 0 amide bonds. The molecule has 0 fully saturated rings. The zero-order valence-corrected chi connectivity index (χ0v) is 11.0. The van der Waals surface area contributed by atoms with E-state index in [1.165, 1.54) is 16.6 Å². The number of hydrogen-bond acceptors (Lipinski definition) is 0. The summed E-state index contributed by atoms with van der Waals surface area (Å²) in [5.74, 6) is 0. The lowest BCUT2D eigenvalue weighted by molar-refractivity contribution is -0.697. The lowest BCUT2D eigenvalue weighted by atomic mass is 10.1. The summed E-state index contributed by atoms with van der Waals surface area (Å²) in [6, 6.07) is 13.4. The number of halogens is 1. The fourth-order valence-electron chi connectivity index (χ4n) is 2.01. The molecule has 0 spiro atoms. The molecule has 80 valence electrons. The van der Waals surface area contributed by atoms with Gasteiger partial charge in [-0.05, 0) is 26.0 Å². The second kappa shape index (κ2) is 4.75. The van der Waals surface area contributed by atoms with Gasteiger partial charge in [0, 0.05) is 24.4 Å². The minimum atomic E-state index is 0. The maximum atomic E-state index is 2.37. The highest BCUT2D eigenvalue weighted by Crippen LogP contribution is 2.12. The minimum Gasteiger partial charge on any atom is -1.00 e. The number of nitrogens with zero attached hydrogens (tertiary/aromatic N) is 1. The molecular formula is C13H16BrN. The fourth-order valence-corrected chi connectivity index (χ4v) is 2.01. The predicted molar refractivity (Wildman–Crippen MR) is 59.3 cm³/mol. The molecular weight excluding hydrogens is 250 g/mol. The standard InChI is InChI=1S/C13H16N.BrH/c1-10(2)14-11(3)8-9-12-6-4-5-7-13(12)14;/h4-10H,1-3H3;1H/q+1;/p-1. The molecule has 0 atom stereocenters. The molecule has 0 bridgehead atoms. The molecule has 0 saturated carbocycles. The van der Waals surface area contributed by atoms with Crippen molar-refractivity contribution in [1.29, 1.82) is 0 Å². The number of fused-ring (bicyclic) bond motifs is 1. The Morgan fingerprint density at radius 1 is 1.00 bits per heavy atom. The van der Waals surface area contributed by atoms with Crippen molar-refractivity contribution in [3.8, 4) is 0 Å². The molecule has 0 unspecified atom stereocenters. The molecule has 0 aliphatic carbocycles. The van der Waals surface area contributed by atoms with E-state index >= 15 is 0 Å². The van der Waals surface area contributed by atoms with Crippen molar-refractivity contribution in [3.63, 3.8) is 0 Å². The molecule has 0 N–H and O–H groups in total. The summed E-state index contributed by atoms with van der Waals surface area (Å²) in [4.78, 5) is 0. The Bertz CT molecular complexity index is 463. The molecule has 0 saturated heterocycles. The van der Waals surface area contributed by atoms with E-state index < -0.39 is 0 Å². The summed E-state index contributed by atoms with van der Waals surface area (Å²) in [6.45, 7) is 6.60. The van der Waals surface area contributed by atoms with Crippen LogP contribution in [-0.4, -0.2) is 0 Å². The normalized spacial score (nSPS) is 10.4. The van der Waals surface area contributed by atoms with Crippen molar-refractivity contribution in [2.45, 2.75) is 26.8 Å². The molecule has 1 heterocycles. The summed E-state index contributed by atoms with van der Waals surface area (Å²) in [5.41, 5.74) is 2.64. The molecule has 2 heteroatoms. The van der Waals surface area contributed by atoms with Crippen LogP contribution in [0.4, 0.5) is 0 Å². The highest BCUT2D eigenvalue weighted by molar-refractivity contribution is 5.75. The lowest BCUT2D eigenvalue weighted by Gasteiger charge is -2.07. The van der Waals surface area contributed by atoms with Gasteiger partial charge < -0.3 is 17.0 Å². The molecule has 2 rings (SSSR count). The van der Waals surface area contributed by atoms with Crippen LogP contribution in [-0.2, 0) is 0 Å². The van der Waals surface area contributed by atoms with Gasteiger partial charge in [0.05, 0.1) is 0 Å². The zero-order valence-electron chi connectivity index (χ0n) is 9.37. The molecule has 1 aromatic carbocycles. The Labute approximate surface area is 102 Å². The van der Waals surface area contributed by atoms with Crippen LogP contribution in [0.5, 0.6) is 0 Å².